The highest BCUT2D eigenvalue weighted by atomic mass is 35.5. The largest absolute Gasteiger partial charge is 0.505 e. The van der Waals surface area contributed by atoms with E-state index in [0.29, 0.717) is 38.3 Å². The predicted octanol–water partition coefficient (Wildman–Crippen LogP) is 4.93. The van der Waals surface area contributed by atoms with Gasteiger partial charge in [-0.2, -0.15) is 0 Å². The lowest BCUT2D eigenvalue weighted by atomic mass is 9.97. The topological polar surface area (TPSA) is 101 Å². The molecule has 10 heteroatoms. The summed E-state index contributed by atoms with van der Waals surface area (Å²) in [6.45, 7) is 1.74. The lowest BCUT2D eigenvalue weighted by Crippen LogP contribution is -2.29. The van der Waals surface area contributed by atoms with E-state index in [1.807, 2.05) is 6.07 Å². The molecule has 1 N–H and O–H groups in total. The summed E-state index contributed by atoms with van der Waals surface area (Å²) in [5, 5.41) is 12.4. The Labute approximate surface area is 207 Å². The van der Waals surface area contributed by atoms with Gasteiger partial charge < -0.3 is 5.11 Å². The molecule has 8 nitrogen and oxygen atoms in total. The van der Waals surface area contributed by atoms with Crippen LogP contribution in [0.3, 0.4) is 0 Å². The van der Waals surface area contributed by atoms with Crippen molar-refractivity contribution in [3.63, 3.8) is 0 Å². The number of aliphatic hydroxyl groups excluding tert-OH is 1. The number of ketones is 1. The number of nitrogens with zero attached hydrogens (tertiary/aromatic N) is 5. The molecule has 35 heavy (non-hydrogen) atoms. The number of Topliss-reactive ketones (excluding diaryl/α,β-unsaturated/α-hetero) is 1. The molecule has 1 aromatic carbocycles. The zero-order valence-corrected chi connectivity index (χ0v) is 19.8. The van der Waals surface area contributed by atoms with Crippen LogP contribution in [0.4, 0.5) is 5.13 Å². The molecule has 6 rings (SSSR count). The Balaban J connectivity index is 1.61. The highest BCUT2D eigenvalue weighted by molar-refractivity contribution is 7.22. The molecule has 172 valence electrons. The predicted molar refractivity (Wildman–Crippen MR) is 134 cm³/mol. The summed E-state index contributed by atoms with van der Waals surface area (Å²) >= 11 is 7.38. The molecule has 1 aliphatic rings. The van der Waals surface area contributed by atoms with Gasteiger partial charge in [0.1, 0.15) is 11.3 Å². The van der Waals surface area contributed by atoms with Crippen LogP contribution in [0.15, 0.2) is 72.7 Å². The van der Waals surface area contributed by atoms with Crippen LogP contribution in [-0.2, 0) is 9.59 Å². The summed E-state index contributed by atoms with van der Waals surface area (Å²) in [7, 11) is 0. The number of thiazole rings is 1. The highest BCUT2D eigenvalue weighted by Crippen LogP contribution is 2.44. The minimum atomic E-state index is -0.923. The molecule has 0 spiro atoms. The molecular weight excluding hydrogens is 486 g/mol. The van der Waals surface area contributed by atoms with Crippen LogP contribution in [-0.4, -0.2) is 36.1 Å². The first kappa shape index (κ1) is 21.5. The maximum Gasteiger partial charge on any atom is 0.301 e. The number of aliphatic hydroxyl groups is 1. The van der Waals surface area contributed by atoms with Crippen molar-refractivity contribution in [2.24, 2.45) is 0 Å². The van der Waals surface area contributed by atoms with Gasteiger partial charge in [-0.05, 0) is 48.9 Å². The van der Waals surface area contributed by atoms with Gasteiger partial charge >= 0.3 is 5.91 Å². The van der Waals surface area contributed by atoms with E-state index in [-0.39, 0.29) is 11.3 Å². The molecule has 1 amide bonds. The number of carbonyl (C=O) groups is 2. The fourth-order valence-electron chi connectivity index (χ4n) is 4.40. The van der Waals surface area contributed by atoms with Crippen LogP contribution in [0.2, 0.25) is 5.02 Å². The van der Waals surface area contributed by atoms with E-state index in [9.17, 15) is 14.7 Å². The minimum absolute atomic E-state index is 0.0472. The molecule has 1 saturated heterocycles. The van der Waals surface area contributed by atoms with Crippen molar-refractivity contribution < 1.29 is 14.7 Å². The average Bonchev–Trinajstić information content (AvgIpc) is 3.50. The molecule has 5 aromatic rings. The summed E-state index contributed by atoms with van der Waals surface area (Å²) in [6.07, 6.45) is 4.92. The van der Waals surface area contributed by atoms with E-state index in [4.69, 9.17) is 11.6 Å². The Morgan fingerprint density at radius 3 is 2.77 bits per heavy atom. The van der Waals surface area contributed by atoms with Gasteiger partial charge in [-0.15, -0.1) is 0 Å². The molecule has 0 saturated carbocycles. The molecular formula is C25H16ClN5O3S. The normalized spacial score (nSPS) is 17.7. The van der Waals surface area contributed by atoms with E-state index in [1.165, 1.54) is 16.2 Å². The zero-order valence-electron chi connectivity index (χ0n) is 18.2. The maximum absolute atomic E-state index is 13.4. The fraction of sp³-hybridized carbons (Fsp3) is 0.0800. The second kappa shape index (κ2) is 8.00. The smallest absolute Gasteiger partial charge is 0.301 e. The van der Waals surface area contributed by atoms with Crippen molar-refractivity contribution >= 4 is 61.4 Å². The number of carbonyl (C=O) groups excluding carboxylic acids is 2. The van der Waals surface area contributed by atoms with Crippen LogP contribution in [0, 0.1) is 6.92 Å². The summed E-state index contributed by atoms with van der Waals surface area (Å²) < 4.78 is 2.47. The minimum Gasteiger partial charge on any atom is -0.505 e. The Kier molecular flexibility index (Phi) is 4.91. The number of fused-ring (bicyclic) bond motifs is 2. The van der Waals surface area contributed by atoms with E-state index in [1.54, 1.807) is 72.4 Å². The number of anilines is 1. The third kappa shape index (κ3) is 3.31. The Hall–Kier alpha value is -4.08. The summed E-state index contributed by atoms with van der Waals surface area (Å²) in [5.41, 5.74) is 2.66. The standard InChI is InChI=1S/C25H16ClN5O3S/c1-13-20(30-10-3-2-6-18(30)28-13)22(32)19-21(14-5-4-9-27-12-14)31(24(34)23(19)33)25-29-16-8-7-15(26)11-17(16)35-25/h2-12,21,32H,1H3. The number of aryl methyl sites for hydroxylation is 1. The monoisotopic (exact) mass is 501 g/mol. The summed E-state index contributed by atoms with van der Waals surface area (Å²) in [5.74, 6) is -1.89. The van der Waals surface area contributed by atoms with Gasteiger partial charge in [0.15, 0.2) is 10.9 Å². The molecule has 0 aliphatic carbocycles. The van der Waals surface area contributed by atoms with Crippen LogP contribution >= 0.6 is 22.9 Å². The number of hydrogen-bond acceptors (Lipinski definition) is 7. The van der Waals surface area contributed by atoms with Crippen molar-refractivity contribution in [2.45, 2.75) is 13.0 Å². The first-order valence-corrected chi connectivity index (χ1v) is 11.8. The molecule has 0 bridgehead atoms. The lowest BCUT2D eigenvalue weighted by molar-refractivity contribution is -0.132. The SMILES string of the molecule is Cc1nc2ccccn2c1C(O)=C1C(=O)C(=O)N(c2nc3ccc(Cl)cc3s2)C1c1cccnc1. The van der Waals surface area contributed by atoms with Gasteiger partial charge in [-0.25, -0.2) is 9.97 Å². The number of hydrogen-bond donors (Lipinski definition) is 1. The second-order valence-corrected chi connectivity index (χ2v) is 9.48. The van der Waals surface area contributed by atoms with Gasteiger partial charge in [0, 0.05) is 23.6 Å². The van der Waals surface area contributed by atoms with Crippen molar-refractivity contribution in [1.29, 1.82) is 0 Å². The molecule has 1 atom stereocenters. The molecule has 0 radical (unpaired) electrons. The first-order valence-electron chi connectivity index (χ1n) is 10.6. The first-order chi connectivity index (χ1) is 16.9. The Morgan fingerprint density at radius 1 is 1.11 bits per heavy atom. The van der Waals surface area contributed by atoms with Crippen LogP contribution in [0.5, 0.6) is 0 Å². The molecule has 1 fully saturated rings. The number of aromatic nitrogens is 4. The number of pyridine rings is 2. The maximum atomic E-state index is 13.4. The third-order valence-electron chi connectivity index (χ3n) is 5.92. The average molecular weight is 502 g/mol. The van der Waals surface area contributed by atoms with Gasteiger partial charge in [-0.3, -0.25) is 23.9 Å². The number of rotatable bonds is 3. The Morgan fingerprint density at radius 2 is 1.97 bits per heavy atom. The summed E-state index contributed by atoms with van der Waals surface area (Å²) in [6, 6.07) is 13.2. The van der Waals surface area contributed by atoms with Crippen molar-refractivity contribution in [3.05, 3.63) is 94.7 Å². The lowest BCUT2D eigenvalue weighted by Gasteiger charge is -2.22. The van der Waals surface area contributed by atoms with Crippen molar-refractivity contribution in [1.82, 2.24) is 19.4 Å². The van der Waals surface area contributed by atoms with Gasteiger partial charge in [0.2, 0.25) is 0 Å². The third-order valence-corrected chi connectivity index (χ3v) is 7.17. The number of halogens is 1. The molecule has 1 unspecified atom stereocenters. The molecule has 4 aromatic heterocycles. The quantitative estimate of drug-likeness (QED) is 0.214. The van der Waals surface area contributed by atoms with Gasteiger partial charge in [-0.1, -0.05) is 35.1 Å². The zero-order chi connectivity index (χ0) is 24.3. The van der Waals surface area contributed by atoms with E-state index in [0.717, 1.165) is 4.70 Å². The van der Waals surface area contributed by atoms with Crippen LogP contribution in [0.25, 0.3) is 21.6 Å². The highest BCUT2D eigenvalue weighted by Gasteiger charge is 2.48. The molecule has 1 aliphatic heterocycles. The van der Waals surface area contributed by atoms with Gasteiger partial charge in [0.05, 0.1) is 27.5 Å². The van der Waals surface area contributed by atoms with Crippen molar-refractivity contribution in [2.75, 3.05) is 4.90 Å². The van der Waals surface area contributed by atoms with E-state index < -0.39 is 17.7 Å². The second-order valence-electron chi connectivity index (χ2n) is 8.04. The van der Waals surface area contributed by atoms with E-state index >= 15 is 0 Å². The van der Waals surface area contributed by atoms with Crippen LogP contribution < -0.4 is 4.90 Å². The van der Waals surface area contributed by atoms with Gasteiger partial charge in [0.25, 0.3) is 5.78 Å². The molecule has 5 heterocycles. The number of amides is 1. The van der Waals surface area contributed by atoms with Crippen LogP contribution in [0.1, 0.15) is 23.0 Å². The fourth-order valence-corrected chi connectivity index (χ4v) is 5.67. The number of benzene rings is 1. The summed E-state index contributed by atoms with van der Waals surface area (Å²) in [4.78, 5) is 41.4. The number of imidazole rings is 1. The van der Waals surface area contributed by atoms with E-state index in [2.05, 4.69) is 15.0 Å². The van der Waals surface area contributed by atoms with Crippen molar-refractivity contribution in [3.8, 4) is 0 Å². The Bertz CT molecular complexity index is 1690.